The summed E-state index contributed by atoms with van der Waals surface area (Å²) in [6, 6.07) is 0.915. The fraction of sp³-hybridized carbons (Fsp3) is 0.889. The highest BCUT2D eigenvalue weighted by Gasteiger charge is 2.28. The molecule has 0 aromatic rings. The van der Waals surface area contributed by atoms with Crippen molar-refractivity contribution in [2.24, 2.45) is 0 Å². The van der Waals surface area contributed by atoms with Crippen molar-refractivity contribution in [3.05, 3.63) is 0 Å². The van der Waals surface area contributed by atoms with E-state index in [1.54, 1.807) is 0 Å². The molecule has 2 amide bonds. The van der Waals surface area contributed by atoms with Crippen molar-refractivity contribution in [1.29, 1.82) is 0 Å². The lowest BCUT2D eigenvalue weighted by molar-refractivity contribution is 0.164. The molecule has 1 aliphatic carbocycles. The molecule has 1 heterocycles. The number of nitrogens with zero attached hydrogens (tertiary/aromatic N) is 1. The Kier molecular flexibility index (Phi) is 4.01. The molecular formula is C9H18ClN3O. The van der Waals surface area contributed by atoms with Gasteiger partial charge in [0.05, 0.1) is 0 Å². The van der Waals surface area contributed by atoms with Gasteiger partial charge in [-0.3, -0.25) is 0 Å². The van der Waals surface area contributed by atoms with Crippen LogP contribution in [0.3, 0.4) is 0 Å². The molecule has 14 heavy (non-hydrogen) atoms. The van der Waals surface area contributed by atoms with Crippen LogP contribution in [0.5, 0.6) is 0 Å². The molecule has 0 spiro atoms. The highest BCUT2D eigenvalue weighted by atomic mass is 35.5. The molecule has 1 aliphatic heterocycles. The molecule has 2 fully saturated rings. The quantitative estimate of drug-likeness (QED) is 0.678. The number of hydrogen-bond acceptors (Lipinski definition) is 2. The predicted molar refractivity (Wildman–Crippen MR) is 57.8 cm³/mol. The van der Waals surface area contributed by atoms with Gasteiger partial charge in [0, 0.05) is 31.7 Å². The summed E-state index contributed by atoms with van der Waals surface area (Å²) in [6.07, 6.45) is 2.32. The normalized spacial score (nSPS) is 26.6. The number of rotatable bonds is 1. The monoisotopic (exact) mass is 219 g/mol. The lowest BCUT2D eigenvalue weighted by Gasteiger charge is -2.33. The zero-order valence-corrected chi connectivity index (χ0v) is 9.27. The lowest BCUT2D eigenvalue weighted by atomic mass is 10.2. The first-order chi connectivity index (χ1) is 6.27. The van der Waals surface area contributed by atoms with Crippen LogP contribution in [0.15, 0.2) is 0 Å². The van der Waals surface area contributed by atoms with Crippen molar-refractivity contribution in [3.8, 4) is 0 Å². The lowest BCUT2D eigenvalue weighted by Crippen LogP contribution is -2.55. The van der Waals surface area contributed by atoms with Gasteiger partial charge < -0.3 is 15.5 Å². The van der Waals surface area contributed by atoms with E-state index in [4.69, 9.17) is 0 Å². The van der Waals surface area contributed by atoms with E-state index in [9.17, 15) is 4.79 Å². The van der Waals surface area contributed by atoms with Gasteiger partial charge in [-0.1, -0.05) is 0 Å². The first-order valence-corrected chi connectivity index (χ1v) is 5.05. The second kappa shape index (κ2) is 4.84. The van der Waals surface area contributed by atoms with Gasteiger partial charge in [-0.15, -0.1) is 12.4 Å². The minimum Gasteiger partial charge on any atom is -0.335 e. The van der Waals surface area contributed by atoms with E-state index in [1.807, 2.05) is 4.90 Å². The number of amides is 2. The van der Waals surface area contributed by atoms with E-state index in [2.05, 4.69) is 17.6 Å². The van der Waals surface area contributed by atoms with Crippen molar-refractivity contribution >= 4 is 18.4 Å². The van der Waals surface area contributed by atoms with E-state index in [0.29, 0.717) is 12.1 Å². The number of carbonyl (C=O) groups is 1. The minimum atomic E-state index is 0. The third-order valence-corrected chi connectivity index (χ3v) is 2.67. The first-order valence-electron chi connectivity index (χ1n) is 5.05. The number of carbonyl (C=O) groups excluding carboxylic acids is 1. The molecule has 0 bridgehead atoms. The summed E-state index contributed by atoms with van der Waals surface area (Å²) in [5.41, 5.74) is 0. The van der Waals surface area contributed by atoms with Crippen molar-refractivity contribution < 1.29 is 4.79 Å². The van der Waals surface area contributed by atoms with Crippen molar-refractivity contribution in [1.82, 2.24) is 15.5 Å². The van der Waals surface area contributed by atoms with Crippen LogP contribution in [0.4, 0.5) is 4.79 Å². The third-order valence-electron chi connectivity index (χ3n) is 2.67. The second-order valence-corrected chi connectivity index (χ2v) is 3.97. The fourth-order valence-corrected chi connectivity index (χ4v) is 1.63. The molecule has 0 radical (unpaired) electrons. The van der Waals surface area contributed by atoms with Gasteiger partial charge in [0.1, 0.15) is 0 Å². The van der Waals surface area contributed by atoms with Gasteiger partial charge in [0.15, 0.2) is 0 Å². The Morgan fingerprint density at radius 1 is 1.50 bits per heavy atom. The van der Waals surface area contributed by atoms with Gasteiger partial charge in [0.2, 0.25) is 0 Å². The Morgan fingerprint density at radius 2 is 2.21 bits per heavy atom. The summed E-state index contributed by atoms with van der Waals surface area (Å²) in [5.74, 6) is 0. The maximum absolute atomic E-state index is 11.6. The highest BCUT2D eigenvalue weighted by Crippen LogP contribution is 2.19. The summed E-state index contributed by atoms with van der Waals surface area (Å²) in [7, 11) is 0. The number of piperazine rings is 1. The van der Waals surface area contributed by atoms with Gasteiger partial charge in [0.25, 0.3) is 0 Å². The molecule has 1 atom stereocenters. The van der Waals surface area contributed by atoms with E-state index in [1.165, 1.54) is 0 Å². The van der Waals surface area contributed by atoms with Crippen LogP contribution in [-0.4, -0.2) is 42.6 Å². The van der Waals surface area contributed by atoms with E-state index in [0.717, 1.165) is 32.5 Å². The Morgan fingerprint density at radius 3 is 2.79 bits per heavy atom. The molecule has 2 aliphatic rings. The smallest absolute Gasteiger partial charge is 0.317 e. The molecule has 1 saturated heterocycles. The number of halogens is 1. The number of hydrogen-bond donors (Lipinski definition) is 2. The molecule has 1 saturated carbocycles. The maximum atomic E-state index is 11.6. The van der Waals surface area contributed by atoms with Crippen molar-refractivity contribution in [2.75, 3.05) is 19.6 Å². The van der Waals surface area contributed by atoms with Crippen LogP contribution >= 0.6 is 12.4 Å². The molecule has 82 valence electrons. The maximum Gasteiger partial charge on any atom is 0.317 e. The molecule has 2 rings (SSSR count). The molecule has 0 aromatic carbocycles. The average Bonchev–Trinajstić information content (AvgIpc) is 2.89. The zero-order valence-electron chi connectivity index (χ0n) is 8.45. The SMILES string of the molecule is C[C@@H]1CNCCN1C(=O)NC1CC1.Cl. The largest absolute Gasteiger partial charge is 0.335 e. The molecular weight excluding hydrogens is 202 g/mol. The van der Waals surface area contributed by atoms with Gasteiger partial charge >= 0.3 is 6.03 Å². The van der Waals surface area contributed by atoms with Gasteiger partial charge in [-0.05, 0) is 19.8 Å². The number of urea groups is 1. The third kappa shape index (κ3) is 2.75. The van der Waals surface area contributed by atoms with Crippen LogP contribution in [0, 0.1) is 0 Å². The highest BCUT2D eigenvalue weighted by molar-refractivity contribution is 5.85. The first kappa shape index (κ1) is 11.6. The van der Waals surface area contributed by atoms with Crippen LogP contribution in [-0.2, 0) is 0 Å². The van der Waals surface area contributed by atoms with Gasteiger partial charge in [-0.25, -0.2) is 4.79 Å². The fourth-order valence-electron chi connectivity index (χ4n) is 1.63. The Balaban J connectivity index is 0.000000980. The van der Waals surface area contributed by atoms with Crippen LogP contribution in [0.1, 0.15) is 19.8 Å². The van der Waals surface area contributed by atoms with E-state index >= 15 is 0 Å². The Hall–Kier alpha value is -0.480. The molecule has 0 unspecified atom stereocenters. The summed E-state index contributed by atoms with van der Waals surface area (Å²) >= 11 is 0. The zero-order chi connectivity index (χ0) is 9.26. The van der Waals surface area contributed by atoms with Crippen LogP contribution in [0.2, 0.25) is 0 Å². The van der Waals surface area contributed by atoms with E-state index in [-0.39, 0.29) is 18.4 Å². The molecule has 5 heteroatoms. The predicted octanol–water partition coefficient (Wildman–Crippen LogP) is 0.574. The standard InChI is InChI=1S/C9H17N3O.ClH/c1-7-6-10-4-5-12(7)9(13)11-8-2-3-8;/h7-8,10H,2-6H2,1H3,(H,11,13);1H/t7-;/m1./s1. The van der Waals surface area contributed by atoms with Crippen LogP contribution < -0.4 is 10.6 Å². The van der Waals surface area contributed by atoms with Crippen LogP contribution in [0.25, 0.3) is 0 Å². The minimum absolute atomic E-state index is 0. The Bertz CT molecular complexity index is 208. The molecule has 2 N–H and O–H groups in total. The van der Waals surface area contributed by atoms with Crippen molar-refractivity contribution in [2.45, 2.75) is 31.8 Å². The van der Waals surface area contributed by atoms with E-state index < -0.39 is 0 Å². The average molecular weight is 220 g/mol. The second-order valence-electron chi connectivity index (χ2n) is 3.97. The Labute approximate surface area is 90.8 Å². The topological polar surface area (TPSA) is 44.4 Å². The summed E-state index contributed by atoms with van der Waals surface area (Å²) in [4.78, 5) is 13.6. The summed E-state index contributed by atoms with van der Waals surface area (Å²) in [6.45, 7) is 4.75. The summed E-state index contributed by atoms with van der Waals surface area (Å²) < 4.78 is 0. The number of nitrogens with one attached hydrogen (secondary N) is 2. The molecule has 4 nitrogen and oxygen atoms in total. The molecule has 0 aromatic heterocycles. The van der Waals surface area contributed by atoms with Crippen molar-refractivity contribution in [3.63, 3.8) is 0 Å². The van der Waals surface area contributed by atoms with Gasteiger partial charge in [-0.2, -0.15) is 0 Å². The summed E-state index contributed by atoms with van der Waals surface area (Å²) in [5, 5.41) is 6.28.